The number of hydrogen-bond donors (Lipinski definition) is 1. The number of nitrogens with zero attached hydrogens (tertiary/aromatic N) is 1. The van der Waals surface area contributed by atoms with E-state index in [-0.39, 0.29) is 0 Å². The molecule has 0 saturated carbocycles. The quantitative estimate of drug-likeness (QED) is 0.826. The van der Waals surface area contributed by atoms with Gasteiger partial charge in [0.1, 0.15) is 0 Å². The minimum atomic E-state index is -0.514. The van der Waals surface area contributed by atoms with Crippen molar-refractivity contribution in [1.29, 1.82) is 0 Å². The van der Waals surface area contributed by atoms with Gasteiger partial charge in [-0.3, -0.25) is 5.32 Å². The average Bonchev–Trinajstić information content (AvgIpc) is 2.59. The van der Waals surface area contributed by atoms with Gasteiger partial charge in [0.2, 0.25) is 0 Å². The average molecular weight is 345 g/mol. The first-order valence-electron chi connectivity index (χ1n) is 8.22. The van der Waals surface area contributed by atoms with Gasteiger partial charge in [-0.15, -0.1) is 0 Å². The standard InChI is InChI=1S/C19H21ClN2O2/c1-14-9-10-15(13-16(14)20)21-19(23)24-18-8-4-3-7-17(18)22-11-5-2-6-12-22/h3-4,7-10,13H,2,5-6,11-12H2,1H3,(H,21,23). The number of nitrogens with one attached hydrogen (secondary N) is 1. The molecule has 1 aliphatic heterocycles. The van der Waals surface area contributed by atoms with Gasteiger partial charge >= 0.3 is 6.09 Å². The maximum atomic E-state index is 12.2. The van der Waals surface area contributed by atoms with Crippen LogP contribution in [0, 0.1) is 6.92 Å². The Labute approximate surface area is 147 Å². The minimum Gasteiger partial charge on any atom is -0.408 e. The fourth-order valence-electron chi connectivity index (χ4n) is 2.85. The summed E-state index contributed by atoms with van der Waals surface area (Å²) in [5, 5.41) is 3.34. The Morgan fingerprint density at radius 3 is 2.62 bits per heavy atom. The van der Waals surface area contributed by atoms with Crippen molar-refractivity contribution in [1.82, 2.24) is 0 Å². The molecule has 1 N–H and O–H groups in total. The van der Waals surface area contributed by atoms with Crippen LogP contribution in [0.25, 0.3) is 0 Å². The lowest BCUT2D eigenvalue weighted by Gasteiger charge is -2.29. The van der Waals surface area contributed by atoms with Gasteiger partial charge in [-0.2, -0.15) is 0 Å². The molecule has 1 fully saturated rings. The molecule has 3 rings (SSSR count). The highest BCUT2D eigenvalue weighted by atomic mass is 35.5. The molecule has 2 aromatic carbocycles. The smallest absolute Gasteiger partial charge is 0.408 e. The Morgan fingerprint density at radius 2 is 1.88 bits per heavy atom. The van der Waals surface area contributed by atoms with Crippen LogP contribution in [-0.4, -0.2) is 19.2 Å². The second kappa shape index (κ2) is 7.58. The molecule has 0 aliphatic carbocycles. The van der Waals surface area contributed by atoms with E-state index in [9.17, 15) is 4.79 Å². The summed E-state index contributed by atoms with van der Waals surface area (Å²) in [5.41, 5.74) is 2.55. The molecular weight excluding hydrogens is 324 g/mol. The van der Waals surface area contributed by atoms with Crippen molar-refractivity contribution in [2.24, 2.45) is 0 Å². The number of rotatable bonds is 3. The molecule has 4 nitrogen and oxygen atoms in total. The van der Waals surface area contributed by atoms with Gasteiger partial charge in [-0.25, -0.2) is 4.79 Å². The third-order valence-corrected chi connectivity index (χ3v) is 4.59. The molecule has 24 heavy (non-hydrogen) atoms. The summed E-state index contributed by atoms with van der Waals surface area (Å²) in [6.45, 7) is 3.91. The monoisotopic (exact) mass is 344 g/mol. The SMILES string of the molecule is Cc1ccc(NC(=O)Oc2ccccc2N2CCCCC2)cc1Cl. The third kappa shape index (κ3) is 4.01. The Kier molecular flexibility index (Phi) is 5.26. The van der Waals surface area contributed by atoms with E-state index in [2.05, 4.69) is 10.2 Å². The van der Waals surface area contributed by atoms with Gasteiger partial charge in [-0.1, -0.05) is 29.8 Å². The molecule has 0 aromatic heterocycles. The van der Waals surface area contributed by atoms with Crippen LogP contribution >= 0.6 is 11.6 Å². The Balaban J connectivity index is 1.71. The lowest BCUT2D eigenvalue weighted by Crippen LogP contribution is -2.30. The number of hydrogen-bond acceptors (Lipinski definition) is 3. The number of anilines is 2. The molecule has 0 radical (unpaired) electrons. The van der Waals surface area contributed by atoms with Crippen LogP contribution in [-0.2, 0) is 0 Å². The van der Waals surface area contributed by atoms with Crippen LogP contribution in [0.5, 0.6) is 5.75 Å². The van der Waals surface area contributed by atoms with Crippen molar-refractivity contribution in [3.05, 3.63) is 53.1 Å². The fourth-order valence-corrected chi connectivity index (χ4v) is 3.03. The van der Waals surface area contributed by atoms with Gasteiger partial charge in [0, 0.05) is 23.8 Å². The highest BCUT2D eigenvalue weighted by Crippen LogP contribution is 2.30. The largest absolute Gasteiger partial charge is 0.417 e. The van der Waals surface area contributed by atoms with Crippen LogP contribution in [0.2, 0.25) is 5.02 Å². The van der Waals surface area contributed by atoms with Gasteiger partial charge in [0.25, 0.3) is 0 Å². The van der Waals surface area contributed by atoms with Gasteiger partial charge < -0.3 is 9.64 Å². The predicted molar refractivity (Wildman–Crippen MR) is 98.3 cm³/mol. The van der Waals surface area contributed by atoms with Gasteiger partial charge in [0.15, 0.2) is 5.75 Å². The Morgan fingerprint density at radius 1 is 1.12 bits per heavy atom. The van der Waals surface area contributed by atoms with Crippen LogP contribution in [0.4, 0.5) is 16.2 Å². The highest BCUT2D eigenvalue weighted by molar-refractivity contribution is 6.31. The molecule has 0 atom stereocenters. The molecule has 1 heterocycles. The number of benzene rings is 2. The summed E-state index contributed by atoms with van der Waals surface area (Å²) in [6.07, 6.45) is 3.08. The van der Waals surface area contributed by atoms with E-state index in [1.807, 2.05) is 37.3 Å². The Hall–Kier alpha value is -2.20. The maximum Gasteiger partial charge on any atom is 0.417 e. The zero-order chi connectivity index (χ0) is 16.9. The van der Waals surface area contributed by atoms with Crippen molar-refractivity contribution >= 4 is 29.1 Å². The van der Waals surface area contributed by atoms with E-state index in [0.717, 1.165) is 24.3 Å². The molecular formula is C19H21ClN2O2. The van der Waals surface area contributed by atoms with Crippen molar-refractivity contribution in [3.63, 3.8) is 0 Å². The molecule has 1 amide bonds. The third-order valence-electron chi connectivity index (χ3n) is 4.18. The number of carbonyl (C=O) groups excluding carboxylic acids is 1. The Bertz CT molecular complexity index is 727. The summed E-state index contributed by atoms with van der Waals surface area (Å²) in [4.78, 5) is 14.5. The summed E-state index contributed by atoms with van der Waals surface area (Å²) < 4.78 is 5.54. The van der Waals surface area contributed by atoms with Crippen molar-refractivity contribution in [2.75, 3.05) is 23.3 Å². The zero-order valence-corrected chi connectivity index (χ0v) is 14.5. The van der Waals surface area contributed by atoms with Crippen LogP contribution < -0.4 is 15.0 Å². The first-order valence-corrected chi connectivity index (χ1v) is 8.60. The normalized spacial score (nSPS) is 14.3. The van der Waals surface area contributed by atoms with E-state index in [1.54, 1.807) is 12.1 Å². The van der Waals surface area contributed by atoms with Crippen molar-refractivity contribution < 1.29 is 9.53 Å². The number of carbonyl (C=O) groups is 1. The molecule has 0 spiro atoms. The number of para-hydroxylation sites is 2. The molecule has 1 saturated heterocycles. The van der Waals surface area contributed by atoms with Crippen LogP contribution in [0.15, 0.2) is 42.5 Å². The molecule has 126 valence electrons. The lowest BCUT2D eigenvalue weighted by atomic mass is 10.1. The van der Waals surface area contributed by atoms with Crippen molar-refractivity contribution in [3.8, 4) is 5.75 Å². The first-order chi connectivity index (χ1) is 11.6. The topological polar surface area (TPSA) is 41.6 Å². The van der Waals surface area contributed by atoms with E-state index in [1.165, 1.54) is 19.3 Å². The van der Waals surface area contributed by atoms with Crippen molar-refractivity contribution in [2.45, 2.75) is 26.2 Å². The summed E-state index contributed by atoms with van der Waals surface area (Å²) >= 11 is 6.09. The molecule has 2 aromatic rings. The number of aryl methyl sites for hydroxylation is 1. The molecule has 1 aliphatic rings. The lowest BCUT2D eigenvalue weighted by molar-refractivity contribution is 0.215. The fraction of sp³-hybridized carbons (Fsp3) is 0.316. The molecule has 0 unspecified atom stereocenters. The maximum absolute atomic E-state index is 12.2. The van der Waals surface area contributed by atoms with Crippen LogP contribution in [0.3, 0.4) is 0 Å². The van der Waals surface area contributed by atoms with E-state index in [4.69, 9.17) is 16.3 Å². The number of piperidine rings is 1. The second-order valence-electron chi connectivity index (χ2n) is 5.99. The second-order valence-corrected chi connectivity index (χ2v) is 6.40. The number of ether oxygens (including phenoxy) is 1. The minimum absolute atomic E-state index is 0.514. The summed E-state index contributed by atoms with van der Waals surface area (Å²) in [5.74, 6) is 0.579. The van der Waals surface area contributed by atoms with E-state index >= 15 is 0 Å². The summed E-state index contributed by atoms with van der Waals surface area (Å²) in [7, 11) is 0. The van der Waals surface area contributed by atoms with E-state index < -0.39 is 6.09 Å². The van der Waals surface area contributed by atoms with Gasteiger partial charge in [-0.05, 0) is 56.0 Å². The first kappa shape index (κ1) is 16.7. The van der Waals surface area contributed by atoms with Crippen LogP contribution in [0.1, 0.15) is 24.8 Å². The predicted octanol–water partition coefficient (Wildman–Crippen LogP) is 5.25. The van der Waals surface area contributed by atoms with Gasteiger partial charge in [0.05, 0.1) is 5.69 Å². The number of amides is 1. The molecule has 5 heteroatoms. The number of halogens is 1. The highest BCUT2D eigenvalue weighted by Gasteiger charge is 2.17. The van der Waals surface area contributed by atoms with E-state index in [0.29, 0.717) is 16.5 Å². The molecule has 0 bridgehead atoms. The summed E-state index contributed by atoms with van der Waals surface area (Å²) in [6, 6.07) is 13.0. The zero-order valence-electron chi connectivity index (χ0n) is 13.7.